The zero-order valence-electron chi connectivity index (χ0n) is 20.1. The molecular formula is C27H35BrN2O3. The number of amides is 2. The highest BCUT2D eigenvalue weighted by atomic mass is 79.9. The summed E-state index contributed by atoms with van der Waals surface area (Å²) in [5.74, 6) is 0.372. The summed E-state index contributed by atoms with van der Waals surface area (Å²) in [6, 6.07) is 15.2. The maximum Gasteiger partial charge on any atom is 0.261 e. The fourth-order valence-electron chi connectivity index (χ4n) is 4.24. The fraction of sp³-hybridized carbons (Fsp3) is 0.481. The zero-order valence-corrected chi connectivity index (χ0v) is 21.7. The van der Waals surface area contributed by atoms with Crippen LogP contribution in [0.2, 0.25) is 0 Å². The van der Waals surface area contributed by atoms with E-state index in [-0.39, 0.29) is 29.9 Å². The number of para-hydroxylation sites is 1. The molecule has 0 heterocycles. The van der Waals surface area contributed by atoms with E-state index in [9.17, 15) is 9.59 Å². The normalized spacial score (nSPS) is 15.2. The predicted molar refractivity (Wildman–Crippen MR) is 135 cm³/mol. The van der Waals surface area contributed by atoms with Crippen molar-refractivity contribution in [2.24, 2.45) is 0 Å². The molecule has 6 heteroatoms. The monoisotopic (exact) mass is 514 g/mol. The summed E-state index contributed by atoms with van der Waals surface area (Å²) in [5.41, 5.74) is 1.89. The highest BCUT2D eigenvalue weighted by Crippen LogP contribution is 2.31. The quantitative estimate of drug-likeness (QED) is 0.498. The van der Waals surface area contributed by atoms with Crippen molar-refractivity contribution in [3.05, 3.63) is 64.1 Å². The Bertz CT molecular complexity index is 964. The van der Waals surface area contributed by atoms with Crippen molar-refractivity contribution in [3.63, 3.8) is 0 Å². The number of rotatable bonds is 8. The van der Waals surface area contributed by atoms with E-state index < -0.39 is 6.04 Å². The standard InChI is InChI=1S/C27H35BrN2O3/c1-19(26(32)29-22-12-5-6-13-22)30(17-20-10-9-11-21(28)16-20)25(31)18-33-24-15-8-7-14-23(24)27(2,3)4/h7-11,14-16,19,22H,5-6,12-13,17-18H2,1-4H3,(H,29,32). The lowest BCUT2D eigenvalue weighted by atomic mass is 9.86. The second-order valence-electron chi connectivity index (χ2n) is 9.85. The molecule has 5 nitrogen and oxygen atoms in total. The zero-order chi connectivity index (χ0) is 24.0. The summed E-state index contributed by atoms with van der Waals surface area (Å²) in [4.78, 5) is 28.0. The van der Waals surface area contributed by atoms with Crippen molar-refractivity contribution in [3.8, 4) is 5.75 Å². The van der Waals surface area contributed by atoms with Crippen molar-refractivity contribution in [1.82, 2.24) is 10.2 Å². The van der Waals surface area contributed by atoms with Crippen LogP contribution in [0.4, 0.5) is 0 Å². The van der Waals surface area contributed by atoms with Gasteiger partial charge in [0, 0.05) is 17.1 Å². The minimum absolute atomic E-state index is 0.107. The number of ether oxygens (including phenoxy) is 1. The molecule has 1 N–H and O–H groups in total. The minimum atomic E-state index is -0.599. The van der Waals surface area contributed by atoms with Crippen molar-refractivity contribution >= 4 is 27.7 Å². The Morgan fingerprint density at radius 3 is 2.48 bits per heavy atom. The SMILES string of the molecule is CC(C(=O)NC1CCCC1)N(Cc1cccc(Br)c1)C(=O)COc1ccccc1C(C)(C)C. The van der Waals surface area contributed by atoms with Crippen molar-refractivity contribution in [2.45, 2.75) is 77.4 Å². The van der Waals surface area contributed by atoms with E-state index in [1.165, 1.54) is 0 Å². The summed E-state index contributed by atoms with van der Waals surface area (Å²) in [6.07, 6.45) is 4.29. The molecule has 0 aromatic heterocycles. The van der Waals surface area contributed by atoms with Crippen LogP contribution in [-0.2, 0) is 21.5 Å². The molecule has 0 bridgehead atoms. The van der Waals surface area contributed by atoms with Crippen molar-refractivity contribution < 1.29 is 14.3 Å². The first-order valence-corrected chi connectivity index (χ1v) is 12.5. The fourth-order valence-corrected chi connectivity index (χ4v) is 4.69. The largest absolute Gasteiger partial charge is 0.483 e. The third-order valence-corrected chi connectivity index (χ3v) is 6.65. The Morgan fingerprint density at radius 1 is 1.12 bits per heavy atom. The Kier molecular flexibility index (Phi) is 8.57. The van der Waals surface area contributed by atoms with Crippen LogP contribution in [0.1, 0.15) is 64.5 Å². The maximum atomic E-state index is 13.4. The molecule has 0 radical (unpaired) electrons. The first kappa shape index (κ1) is 25.3. The first-order valence-electron chi connectivity index (χ1n) is 11.7. The molecule has 33 heavy (non-hydrogen) atoms. The van der Waals surface area contributed by atoms with Gasteiger partial charge in [0.1, 0.15) is 11.8 Å². The molecule has 178 valence electrons. The smallest absolute Gasteiger partial charge is 0.261 e. The number of nitrogens with zero attached hydrogens (tertiary/aromatic N) is 1. The first-order chi connectivity index (χ1) is 15.6. The molecule has 1 saturated carbocycles. The molecule has 0 aliphatic heterocycles. The number of nitrogens with one attached hydrogen (secondary N) is 1. The van der Waals surface area contributed by atoms with Gasteiger partial charge in [0.15, 0.2) is 6.61 Å². The molecule has 0 spiro atoms. The van der Waals surface area contributed by atoms with Crippen LogP contribution in [-0.4, -0.2) is 35.4 Å². The van der Waals surface area contributed by atoms with E-state index >= 15 is 0 Å². The van der Waals surface area contributed by atoms with Gasteiger partial charge in [-0.15, -0.1) is 0 Å². The van der Waals surface area contributed by atoms with Crippen LogP contribution in [0.25, 0.3) is 0 Å². The average Bonchev–Trinajstić information content (AvgIpc) is 3.28. The third kappa shape index (κ3) is 7.07. The number of hydrogen-bond acceptors (Lipinski definition) is 3. The second kappa shape index (κ2) is 11.2. The Labute approximate surface area is 206 Å². The summed E-state index contributed by atoms with van der Waals surface area (Å²) < 4.78 is 6.93. The second-order valence-corrected chi connectivity index (χ2v) is 10.8. The van der Waals surface area contributed by atoms with Gasteiger partial charge in [0.05, 0.1) is 0 Å². The van der Waals surface area contributed by atoms with Gasteiger partial charge in [-0.3, -0.25) is 9.59 Å². The van der Waals surface area contributed by atoms with Gasteiger partial charge in [0.25, 0.3) is 5.91 Å². The minimum Gasteiger partial charge on any atom is -0.483 e. The molecule has 2 amide bonds. The summed E-state index contributed by atoms with van der Waals surface area (Å²) in [7, 11) is 0. The van der Waals surface area contributed by atoms with Crippen LogP contribution in [0.5, 0.6) is 5.75 Å². The highest BCUT2D eigenvalue weighted by molar-refractivity contribution is 9.10. The van der Waals surface area contributed by atoms with Gasteiger partial charge in [0.2, 0.25) is 5.91 Å². The van der Waals surface area contributed by atoms with Gasteiger partial charge in [-0.05, 0) is 54.5 Å². The van der Waals surface area contributed by atoms with Crippen molar-refractivity contribution in [2.75, 3.05) is 6.61 Å². The molecule has 1 aliphatic rings. The van der Waals surface area contributed by atoms with E-state index in [0.29, 0.717) is 12.3 Å². The Balaban J connectivity index is 1.76. The van der Waals surface area contributed by atoms with E-state index in [4.69, 9.17) is 4.74 Å². The van der Waals surface area contributed by atoms with Gasteiger partial charge < -0.3 is 15.0 Å². The summed E-state index contributed by atoms with van der Waals surface area (Å²) >= 11 is 3.49. The van der Waals surface area contributed by atoms with Gasteiger partial charge in [-0.2, -0.15) is 0 Å². The molecule has 1 atom stereocenters. The van der Waals surface area contributed by atoms with Crippen LogP contribution < -0.4 is 10.1 Å². The third-order valence-electron chi connectivity index (χ3n) is 6.16. The van der Waals surface area contributed by atoms with E-state index in [1.807, 2.05) is 48.5 Å². The van der Waals surface area contributed by atoms with E-state index in [1.54, 1.807) is 11.8 Å². The molecule has 1 fully saturated rings. The van der Waals surface area contributed by atoms with Gasteiger partial charge in [-0.25, -0.2) is 0 Å². The number of benzene rings is 2. The highest BCUT2D eigenvalue weighted by Gasteiger charge is 2.29. The molecule has 1 unspecified atom stereocenters. The van der Waals surface area contributed by atoms with E-state index in [2.05, 4.69) is 42.0 Å². The molecule has 2 aromatic carbocycles. The molecule has 3 rings (SSSR count). The van der Waals surface area contributed by atoms with Crippen LogP contribution >= 0.6 is 15.9 Å². The molecule has 0 saturated heterocycles. The van der Waals surface area contributed by atoms with Crippen LogP contribution in [0.15, 0.2) is 53.0 Å². The lowest BCUT2D eigenvalue weighted by Gasteiger charge is -2.30. The predicted octanol–water partition coefficient (Wildman–Crippen LogP) is 5.60. The van der Waals surface area contributed by atoms with Gasteiger partial charge in [-0.1, -0.05) is 79.9 Å². The molecule has 2 aromatic rings. The number of hydrogen-bond donors (Lipinski definition) is 1. The van der Waals surface area contributed by atoms with Crippen LogP contribution in [0, 0.1) is 0 Å². The Hall–Kier alpha value is -2.34. The van der Waals surface area contributed by atoms with Crippen LogP contribution in [0.3, 0.4) is 0 Å². The lowest BCUT2D eigenvalue weighted by Crippen LogP contribution is -2.50. The lowest BCUT2D eigenvalue weighted by molar-refractivity contribution is -0.142. The van der Waals surface area contributed by atoms with E-state index in [0.717, 1.165) is 41.3 Å². The number of halogens is 1. The topological polar surface area (TPSA) is 58.6 Å². The Morgan fingerprint density at radius 2 is 1.82 bits per heavy atom. The van der Waals surface area contributed by atoms with Gasteiger partial charge >= 0.3 is 0 Å². The maximum absolute atomic E-state index is 13.4. The summed E-state index contributed by atoms with van der Waals surface area (Å²) in [6.45, 7) is 8.36. The average molecular weight is 515 g/mol. The van der Waals surface area contributed by atoms with Crippen molar-refractivity contribution in [1.29, 1.82) is 0 Å². The molecular weight excluding hydrogens is 480 g/mol. The molecule has 1 aliphatic carbocycles. The number of carbonyl (C=O) groups is 2. The number of carbonyl (C=O) groups excluding carboxylic acids is 2. The summed E-state index contributed by atoms with van der Waals surface area (Å²) in [5, 5.41) is 3.13.